The minimum absolute atomic E-state index is 0.00175. The summed E-state index contributed by atoms with van der Waals surface area (Å²) in [6.45, 7) is 3.85. The van der Waals surface area contributed by atoms with E-state index in [1.807, 2.05) is 6.92 Å². The van der Waals surface area contributed by atoms with E-state index >= 15 is 0 Å². The van der Waals surface area contributed by atoms with Crippen molar-refractivity contribution in [3.8, 4) is 6.07 Å². The molecular formula is C16H21IN4O2. The van der Waals surface area contributed by atoms with Crippen molar-refractivity contribution < 1.29 is 9.53 Å². The van der Waals surface area contributed by atoms with Crippen molar-refractivity contribution in [2.24, 2.45) is 5.92 Å². The highest BCUT2D eigenvalue weighted by Crippen LogP contribution is 2.23. The highest BCUT2D eigenvalue weighted by molar-refractivity contribution is 14.1. The number of carbonyl (C=O) groups excluding carboxylic acids is 1. The van der Waals surface area contributed by atoms with Gasteiger partial charge in [-0.3, -0.25) is 4.79 Å². The zero-order valence-electron chi connectivity index (χ0n) is 13.3. The number of esters is 1. The predicted molar refractivity (Wildman–Crippen MR) is 94.9 cm³/mol. The topological polar surface area (TPSA) is 79.1 Å². The Morgan fingerprint density at radius 1 is 1.52 bits per heavy atom. The largest absolute Gasteiger partial charge is 0.466 e. The fourth-order valence-electron chi connectivity index (χ4n) is 2.65. The van der Waals surface area contributed by atoms with Gasteiger partial charge in [-0.2, -0.15) is 5.26 Å². The maximum atomic E-state index is 11.8. The van der Waals surface area contributed by atoms with Crippen LogP contribution >= 0.6 is 22.6 Å². The number of halogens is 1. The normalized spacial score (nSPS) is 15.3. The number of anilines is 1. The average molecular weight is 428 g/mol. The van der Waals surface area contributed by atoms with Crippen LogP contribution in [0.15, 0.2) is 6.20 Å². The van der Waals surface area contributed by atoms with Crippen LogP contribution in [0.4, 0.5) is 5.82 Å². The first kappa shape index (κ1) is 17.9. The fraction of sp³-hybridized carbons (Fsp3) is 0.625. The lowest BCUT2D eigenvalue weighted by Crippen LogP contribution is -2.37. The monoisotopic (exact) mass is 428 g/mol. The summed E-state index contributed by atoms with van der Waals surface area (Å²) in [5.74, 6) is 0.774. The Labute approximate surface area is 150 Å². The number of aryl methyl sites for hydroxylation is 1. The van der Waals surface area contributed by atoms with Crippen molar-refractivity contribution in [3.63, 3.8) is 0 Å². The number of unbranched alkanes of at least 4 members (excludes halogenated alkanes) is 1. The Morgan fingerprint density at radius 2 is 2.26 bits per heavy atom. The van der Waals surface area contributed by atoms with Crippen molar-refractivity contribution in [2.45, 2.75) is 39.0 Å². The zero-order valence-corrected chi connectivity index (χ0v) is 15.5. The third-order valence-corrected chi connectivity index (χ3v) is 4.82. The highest BCUT2D eigenvalue weighted by Gasteiger charge is 2.26. The summed E-state index contributed by atoms with van der Waals surface area (Å²) in [4.78, 5) is 23.1. The molecule has 6 nitrogen and oxygen atoms in total. The van der Waals surface area contributed by atoms with Crippen LogP contribution in [0.3, 0.4) is 0 Å². The second kappa shape index (κ2) is 9.01. The van der Waals surface area contributed by atoms with E-state index in [0.717, 1.165) is 54.0 Å². The van der Waals surface area contributed by atoms with Crippen LogP contribution in [0.5, 0.6) is 0 Å². The zero-order chi connectivity index (χ0) is 16.7. The standard InChI is InChI=1S/C16H21IN4O2/c1-2-23-16(22)12-6-9-21(10-7-12)14-11-19-15(17)13(20-14)5-3-4-8-18/h11-12H,2-7,9-10H2,1H3. The van der Waals surface area contributed by atoms with E-state index in [-0.39, 0.29) is 11.9 Å². The van der Waals surface area contributed by atoms with Crippen molar-refractivity contribution in [2.75, 3.05) is 24.6 Å². The number of hydrogen-bond donors (Lipinski definition) is 0. The molecule has 1 aliphatic rings. The summed E-state index contributed by atoms with van der Waals surface area (Å²) < 4.78 is 5.99. The Morgan fingerprint density at radius 3 is 2.91 bits per heavy atom. The molecule has 2 rings (SSSR count). The van der Waals surface area contributed by atoms with Crippen molar-refractivity contribution in [1.82, 2.24) is 9.97 Å². The molecule has 1 aliphatic heterocycles. The molecule has 0 aliphatic carbocycles. The van der Waals surface area contributed by atoms with Crippen LogP contribution in [0.1, 0.15) is 38.3 Å². The third kappa shape index (κ3) is 5.03. The number of piperidine rings is 1. The Hall–Kier alpha value is -1.43. The lowest BCUT2D eigenvalue weighted by molar-refractivity contribution is -0.148. The van der Waals surface area contributed by atoms with Crippen LogP contribution in [-0.2, 0) is 16.0 Å². The molecule has 0 saturated carbocycles. The number of carbonyl (C=O) groups is 1. The van der Waals surface area contributed by atoms with Gasteiger partial charge in [-0.25, -0.2) is 9.97 Å². The average Bonchev–Trinajstić information content (AvgIpc) is 2.57. The lowest BCUT2D eigenvalue weighted by Gasteiger charge is -2.31. The van der Waals surface area contributed by atoms with Gasteiger partial charge in [-0.15, -0.1) is 0 Å². The third-order valence-electron chi connectivity index (χ3n) is 3.92. The lowest BCUT2D eigenvalue weighted by atomic mass is 9.97. The van der Waals surface area contributed by atoms with Crippen molar-refractivity contribution >= 4 is 34.4 Å². The van der Waals surface area contributed by atoms with E-state index in [1.54, 1.807) is 6.20 Å². The molecule has 124 valence electrons. The van der Waals surface area contributed by atoms with Gasteiger partial charge in [0, 0.05) is 19.5 Å². The maximum absolute atomic E-state index is 11.8. The number of rotatable bonds is 6. The van der Waals surface area contributed by atoms with Gasteiger partial charge in [0.1, 0.15) is 9.52 Å². The maximum Gasteiger partial charge on any atom is 0.309 e. The van der Waals surface area contributed by atoms with Crippen LogP contribution in [0.2, 0.25) is 0 Å². The molecule has 0 bridgehead atoms. The van der Waals surface area contributed by atoms with E-state index in [4.69, 9.17) is 15.0 Å². The van der Waals surface area contributed by atoms with Gasteiger partial charge in [0.25, 0.3) is 0 Å². The number of ether oxygens (including phenoxy) is 1. The number of aromatic nitrogens is 2. The Balaban J connectivity index is 1.96. The molecule has 0 aromatic carbocycles. The van der Waals surface area contributed by atoms with E-state index in [2.05, 4.69) is 38.5 Å². The van der Waals surface area contributed by atoms with Crippen LogP contribution < -0.4 is 4.90 Å². The molecule has 7 heteroatoms. The van der Waals surface area contributed by atoms with Crippen LogP contribution in [0.25, 0.3) is 0 Å². The van der Waals surface area contributed by atoms with Crippen LogP contribution in [0, 0.1) is 20.9 Å². The Bertz CT molecular complexity index is 580. The number of hydrogen-bond acceptors (Lipinski definition) is 6. The Kier molecular flexibility index (Phi) is 7.02. The summed E-state index contributed by atoms with van der Waals surface area (Å²) in [6.07, 6.45) is 5.47. The molecule has 1 fully saturated rings. The molecule has 0 amide bonds. The van der Waals surface area contributed by atoms with E-state index in [1.165, 1.54) is 0 Å². The van der Waals surface area contributed by atoms with Gasteiger partial charge >= 0.3 is 5.97 Å². The van der Waals surface area contributed by atoms with Gasteiger partial charge < -0.3 is 9.64 Å². The molecule has 0 radical (unpaired) electrons. The summed E-state index contributed by atoms with van der Waals surface area (Å²) in [7, 11) is 0. The molecule has 1 aromatic heterocycles. The second-order valence-corrected chi connectivity index (χ2v) is 6.51. The number of nitriles is 1. The van der Waals surface area contributed by atoms with Gasteiger partial charge in [-0.05, 0) is 55.2 Å². The molecular weight excluding hydrogens is 407 g/mol. The molecule has 23 heavy (non-hydrogen) atoms. The van der Waals surface area contributed by atoms with Gasteiger partial charge in [0.05, 0.1) is 30.5 Å². The first-order chi connectivity index (χ1) is 11.2. The molecule has 0 N–H and O–H groups in total. The molecule has 0 unspecified atom stereocenters. The molecule has 0 atom stereocenters. The first-order valence-electron chi connectivity index (χ1n) is 7.95. The van der Waals surface area contributed by atoms with E-state index < -0.39 is 0 Å². The molecule has 1 saturated heterocycles. The summed E-state index contributed by atoms with van der Waals surface area (Å²) in [5.41, 5.74) is 0.950. The van der Waals surface area contributed by atoms with E-state index in [0.29, 0.717) is 13.0 Å². The number of nitrogens with zero attached hydrogens (tertiary/aromatic N) is 4. The fourth-order valence-corrected chi connectivity index (χ4v) is 3.18. The summed E-state index contributed by atoms with van der Waals surface area (Å²) >= 11 is 2.18. The van der Waals surface area contributed by atoms with E-state index in [9.17, 15) is 4.79 Å². The predicted octanol–water partition coefficient (Wildman–Crippen LogP) is 2.71. The summed E-state index contributed by atoms with van der Waals surface area (Å²) in [5, 5.41) is 8.65. The smallest absolute Gasteiger partial charge is 0.309 e. The SMILES string of the molecule is CCOC(=O)C1CCN(c2cnc(I)c(CCCC#N)n2)CC1. The van der Waals surface area contributed by atoms with Crippen LogP contribution in [-0.4, -0.2) is 35.6 Å². The van der Waals surface area contributed by atoms with Crippen molar-refractivity contribution in [1.29, 1.82) is 5.26 Å². The molecule has 2 heterocycles. The van der Waals surface area contributed by atoms with Crippen molar-refractivity contribution in [3.05, 3.63) is 15.6 Å². The van der Waals surface area contributed by atoms with Gasteiger partial charge in [0.2, 0.25) is 0 Å². The minimum atomic E-state index is -0.0852. The second-order valence-electron chi connectivity index (χ2n) is 5.49. The molecule has 1 aromatic rings. The molecule has 0 spiro atoms. The highest BCUT2D eigenvalue weighted by atomic mass is 127. The summed E-state index contributed by atoms with van der Waals surface area (Å²) in [6, 6.07) is 2.16. The van der Waals surface area contributed by atoms with Gasteiger partial charge in [-0.1, -0.05) is 0 Å². The first-order valence-corrected chi connectivity index (χ1v) is 9.03. The quantitative estimate of drug-likeness (QED) is 0.394. The minimum Gasteiger partial charge on any atom is -0.466 e. The van der Waals surface area contributed by atoms with Gasteiger partial charge in [0.15, 0.2) is 0 Å².